The molecule has 4 rings (SSSR count). The summed E-state index contributed by atoms with van der Waals surface area (Å²) in [7, 11) is 2.95. The number of rotatable bonds is 6. The van der Waals surface area contributed by atoms with Gasteiger partial charge in [-0.05, 0) is 36.6 Å². The Bertz CT molecular complexity index is 1400. The summed E-state index contributed by atoms with van der Waals surface area (Å²) in [6, 6.07) is 19.5. The molecule has 0 aliphatic rings. The molecule has 2 N–H and O–H groups in total. The van der Waals surface area contributed by atoms with E-state index in [0.29, 0.717) is 33.3 Å². The number of amides is 1. The highest BCUT2D eigenvalue weighted by molar-refractivity contribution is 6.32. The van der Waals surface area contributed by atoms with Crippen molar-refractivity contribution in [2.75, 3.05) is 19.5 Å². The zero-order chi connectivity index (χ0) is 24.2. The highest BCUT2D eigenvalue weighted by atomic mass is 35.5. The minimum Gasteiger partial charge on any atom is -0.505 e. The number of hydrogen-bond donors (Lipinski definition) is 2. The van der Waals surface area contributed by atoms with E-state index in [1.165, 1.54) is 20.3 Å². The Balaban J connectivity index is 1.80. The van der Waals surface area contributed by atoms with E-state index >= 15 is 0 Å². The number of halogens is 1. The first-order valence-corrected chi connectivity index (χ1v) is 10.7. The van der Waals surface area contributed by atoms with Gasteiger partial charge in [0.2, 0.25) is 0 Å². The third kappa shape index (κ3) is 4.65. The Labute approximate surface area is 201 Å². The number of aromatic hydroxyl groups is 1. The summed E-state index contributed by atoms with van der Waals surface area (Å²) < 4.78 is 10.6. The van der Waals surface area contributed by atoms with E-state index in [4.69, 9.17) is 21.1 Å². The van der Waals surface area contributed by atoms with Crippen LogP contribution in [0.1, 0.15) is 15.9 Å². The second-order valence-electron chi connectivity index (χ2n) is 7.52. The van der Waals surface area contributed by atoms with Crippen LogP contribution < -0.4 is 14.8 Å². The quantitative estimate of drug-likeness (QED) is 0.288. The van der Waals surface area contributed by atoms with Crippen molar-refractivity contribution in [2.24, 2.45) is 10.2 Å². The van der Waals surface area contributed by atoms with E-state index in [9.17, 15) is 9.90 Å². The van der Waals surface area contributed by atoms with Crippen LogP contribution in [-0.4, -0.2) is 25.2 Å². The molecule has 0 spiro atoms. The van der Waals surface area contributed by atoms with Crippen LogP contribution in [0.2, 0.25) is 5.02 Å². The van der Waals surface area contributed by atoms with Crippen LogP contribution in [0.4, 0.5) is 17.1 Å². The van der Waals surface area contributed by atoms with Crippen molar-refractivity contribution >= 4 is 45.3 Å². The first-order valence-electron chi connectivity index (χ1n) is 10.4. The molecule has 0 bridgehead atoms. The van der Waals surface area contributed by atoms with Gasteiger partial charge in [-0.1, -0.05) is 53.6 Å². The van der Waals surface area contributed by atoms with Gasteiger partial charge in [0, 0.05) is 11.5 Å². The SMILES string of the molecule is COc1cc(OC)c(NC(=O)c2cc3cc(C)ccc3c(N=Nc3ccccc3)c2O)cc1Cl. The number of methoxy groups -OCH3 is 2. The molecule has 0 atom stereocenters. The van der Waals surface area contributed by atoms with Gasteiger partial charge >= 0.3 is 0 Å². The molecular weight excluding hydrogens is 454 g/mol. The van der Waals surface area contributed by atoms with Crippen LogP contribution in [0.15, 0.2) is 77.0 Å². The molecule has 0 saturated carbocycles. The number of fused-ring (bicyclic) bond motifs is 1. The predicted octanol–water partition coefficient (Wildman–Crippen LogP) is 7.19. The van der Waals surface area contributed by atoms with Gasteiger partial charge in [-0.25, -0.2) is 0 Å². The second-order valence-corrected chi connectivity index (χ2v) is 7.93. The molecule has 7 nitrogen and oxygen atoms in total. The molecule has 0 aliphatic carbocycles. The molecule has 0 heterocycles. The second kappa shape index (κ2) is 9.80. The number of carbonyl (C=O) groups is 1. The van der Waals surface area contributed by atoms with E-state index < -0.39 is 5.91 Å². The molecular formula is C26H22ClN3O4. The number of carbonyl (C=O) groups excluding carboxylic acids is 1. The number of phenols is 1. The third-order valence-corrected chi connectivity index (χ3v) is 5.53. The van der Waals surface area contributed by atoms with E-state index in [-0.39, 0.29) is 17.0 Å². The van der Waals surface area contributed by atoms with Gasteiger partial charge in [-0.3, -0.25) is 4.79 Å². The van der Waals surface area contributed by atoms with E-state index in [1.54, 1.807) is 24.3 Å². The van der Waals surface area contributed by atoms with E-state index in [1.807, 2.05) is 43.3 Å². The van der Waals surface area contributed by atoms with E-state index in [2.05, 4.69) is 15.5 Å². The summed E-state index contributed by atoms with van der Waals surface area (Å²) in [4.78, 5) is 13.3. The molecule has 0 aromatic heterocycles. The number of nitrogens with zero attached hydrogens (tertiary/aromatic N) is 2. The zero-order valence-corrected chi connectivity index (χ0v) is 19.6. The lowest BCUT2D eigenvalue weighted by Gasteiger charge is -2.15. The maximum Gasteiger partial charge on any atom is 0.259 e. The van der Waals surface area contributed by atoms with Gasteiger partial charge in [0.1, 0.15) is 17.2 Å². The number of ether oxygens (including phenoxy) is 2. The van der Waals surface area contributed by atoms with Gasteiger partial charge in [-0.2, -0.15) is 5.11 Å². The topological polar surface area (TPSA) is 92.5 Å². The molecule has 0 saturated heterocycles. The molecule has 0 radical (unpaired) electrons. The number of benzene rings is 4. The average molecular weight is 476 g/mol. The molecule has 0 aliphatic heterocycles. The monoisotopic (exact) mass is 475 g/mol. The van der Waals surface area contributed by atoms with Crippen molar-refractivity contribution in [1.29, 1.82) is 0 Å². The largest absolute Gasteiger partial charge is 0.505 e. The smallest absolute Gasteiger partial charge is 0.259 e. The molecule has 4 aromatic carbocycles. The van der Waals surface area contributed by atoms with Crippen LogP contribution in [-0.2, 0) is 0 Å². The van der Waals surface area contributed by atoms with Crippen LogP contribution in [0.3, 0.4) is 0 Å². The fourth-order valence-electron chi connectivity index (χ4n) is 3.52. The minimum absolute atomic E-state index is 0.0362. The Kier molecular flexibility index (Phi) is 6.65. The Morgan fingerprint density at radius 3 is 2.38 bits per heavy atom. The van der Waals surface area contributed by atoms with Gasteiger partial charge in [0.25, 0.3) is 5.91 Å². The number of azo groups is 1. The van der Waals surface area contributed by atoms with Crippen LogP contribution >= 0.6 is 11.6 Å². The third-order valence-electron chi connectivity index (χ3n) is 5.23. The van der Waals surface area contributed by atoms with Crippen molar-refractivity contribution in [1.82, 2.24) is 0 Å². The zero-order valence-electron chi connectivity index (χ0n) is 18.8. The standard InChI is InChI=1S/C26H22ClN3O4/c1-15-9-10-18-16(11-15)12-19(25(31)24(18)30-29-17-7-5-4-6-8-17)26(32)28-21-13-20(27)22(33-2)14-23(21)34-3/h4-14,31H,1-3H3,(H,28,32). The molecule has 34 heavy (non-hydrogen) atoms. The highest BCUT2D eigenvalue weighted by Crippen LogP contribution is 2.41. The predicted molar refractivity (Wildman–Crippen MR) is 133 cm³/mol. The van der Waals surface area contributed by atoms with Crippen molar-refractivity contribution in [2.45, 2.75) is 6.92 Å². The van der Waals surface area contributed by atoms with E-state index in [0.717, 1.165) is 10.9 Å². The van der Waals surface area contributed by atoms with Gasteiger partial charge in [-0.15, -0.1) is 5.11 Å². The molecule has 4 aromatic rings. The number of aryl methyl sites for hydroxylation is 1. The maximum absolute atomic E-state index is 13.3. The summed E-state index contributed by atoms with van der Waals surface area (Å²) >= 11 is 6.23. The summed E-state index contributed by atoms with van der Waals surface area (Å²) in [5.74, 6) is -0.0809. The van der Waals surface area contributed by atoms with Crippen LogP contribution in [0.25, 0.3) is 10.8 Å². The van der Waals surface area contributed by atoms with Crippen molar-refractivity contribution in [3.05, 3.63) is 82.9 Å². The number of anilines is 1. The van der Waals surface area contributed by atoms with Crippen LogP contribution in [0, 0.1) is 6.92 Å². The molecule has 0 unspecified atom stereocenters. The lowest BCUT2D eigenvalue weighted by Crippen LogP contribution is -2.13. The highest BCUT2D eigenvalue weighted by Gasteiger charge is 2.21. The van der Waals surface area contributed by atoms with Crippen LogP contribution in [0.5, 0.6) is 17.2 Å². The Hall–Kier alpha value is -4.10. The number of nitrogens with one attached hydrogen (secondary N) is 1. The first-order chi connectivity index (χ1) is 16.4. The summed E-state index contributed by atoms with van der Waals surface area (Å²) in [5, 5.41) is 24.0. The normalized spacial score (nSPS) is 11.1. The van der Waals surface area contributed by atoms with Gasteiger partial charge < -0.3 is 19.9 Å². The molecule has 0 fully saturated rings. The maximum atomic E-state index is 13.3. The number of phenolic OH excluding ortho intramolecular Hbond substituents is 1. The molecule has 8 heteroatoms. The average Bonchev–Trinajstić information content (AvgIpc) is 2.84. The molecule has 1 amide bonds. The summed E-state index contributed by atoms with van der Waals surface area (Å²) in [6.45, 7) is 1.95. The summed E-state index contributed by atoms with van der Waals surface area (Å²) in [5.41, 5.74) is 2.18. The fourth-order valence-corrected chi connectivity index (χ4v) is 3.76. The lowest BCUT2D eigenvalue weighted by atomic mass is 10.0. The minimum atomic E-state index is -0.559. The van der Waals surface area contributed by atoms with Crippen molar-refractivity contribution in [3.63, 3.8) is 0 Å². The van der Waals surface area contributed by atoms with Gasteiger partial charge in [0.15, 0.2) is 5.75 Å². The lowest BCUT2D eigenvalue weighted by molar-refractivity contribution is 0.102. The summed E-state index contributed by atoms with van der Waals surface area (Å²) in [6.07, 6.45) is 0. The Morgan fingerprint density at radius 1 is 0.941 bits per heavy atom. The first kappa shape index (κ1) is 23.1. The number of hydrogen-bond acceptors (Lipinski definition) is 6. The van der Waals surface area contributed by atoms with Crippen molar-refractivity contribution in [3.8, 4) is 17.2 Å². The van der Waals surface area contributed by atoms with Crippen molar-refractivity contribution < 1.29 is 19.4 Å². The van der Waals surface area contributed by atoms with Gasteiger partial charge in [0.05, 0.1) is 36.2 Å². The molecule has 172 valence electrons. The fraction of sp³-hybridized carbons (Fsp3) is 0.115. The Morgan fingerprint density at radius 2 is 1.68 bits per heavy atom.